The van der Waals surface area contributed by atoms with E-state index < -0.39 is 5.82 Å². The van der Waals surface area contributed by atoms with Crippen LogP contribution in [0.4, 0.5) is 4.39 Å². The molecule has 0 heterocycles. The Morgan fingerprint density at radius 1 is 0.944 bits per heavy atom. The van der Waals surface area contributed by atoms with Gasteiger partial charge in [0.2, 0.25) is 0 Å². The quantitative estimate of drug-likeness (QED) is 0.626. The monoisotopic (exact) mass is 254 g/mol. The van der Waals surface area contributed by atoms with E-state index >= 15 is 0 Å². The molecule has 0 fully saturated rings. The Labute approximate surface area is 102 Å². The third-order valence-electron chi connectivity index (χ3n) is 1.82. The third kappa shape index (κ3) is 4.93. The fourth-order valence-electron chi connectivity index (χ4n) is 1.20. The average Bonchev–Trinajstić information content (AvgIpc) is 2.33. The van der Waals surface area contributed by atoms with E-state index in [1.54, 1.807) is 6.07 Å². The molecule has 0 aliphatic carbocycles. The van der Waals surface area contributed by atoms with E-state index in [0.717, 1.165) is 10.8 Å². The molecule has 0 spiro atoms. The van der Waals surface area contributed by atoms with Gasteiger partial charge in [-0.15, -0.1) is 0 Å². The van der Waals surface area contributed by atoms with E-state index in [1.165, 1.54) is 12.1 Å². The van der Waals surface area contributed by atoms with Crippen molar-refractivity contribution < 1.29 is 29.3 Å². The summed E-state index contributed by atoms with van der Waals surface area (Å²) in [4.78, 5) is 16.7. The molecule has 0 aromatic heterocycles. The van der Waals surface area contributed by atoms with Gasteiger partial charge in [-0.2, -0.15) is 0 Å². The van der Waals surface area contributed by atoms with E-state index in [4.69, 9.17) is 24.9 Å². The highest BCUT2D eigenvalue weighted by atomic mass is 19.1. The number of hydrogen-bond donors (Lipinski definition) is 3. The van der Waals surface area contributed by atoms with Gasteiger partial charge in [0.05, 0.1) is 0 Å². The number of carbonyl (C=O) groups is 2. The first-order chi connectivity index (χ1) is 8.60. The van der Waals surface area contributed by atoms with Crippen LogP contribution in [0.5, 0.6) is 5.75 Å². The van der Waals surface area contributed by atoms with Gasteiger partial charge in [-0.25, -0.2) is 4.39 Å². The molecule has 0 radical (unpaired) electrons. The number of phenolic OH excluding ortho intramolecular Hbond substituents is 1. The van der Waals surface area contributed by atoms with Crippen LogP contribution in [-0.2, 0) is 9.59 Å². The summed E-state index contributed by atoms with van der Waals surface area (Å²) in [5, 5.41) is 24.5. The molecule has 0 unspecified atom stereocenters. The van der Waals surface area contributed by atoms with Crippen molar-refractivity contribution in [2.45, 2.75) is 0 Å². The van der Waals surface area contributed by atoms with Crippen LogP contribution in [0.3, 0.4) is 0 Å². The lowest BCUT2D eigenvalue weighted by Gasteiger charge is -1.98. The lowest BCUT2D eigenvalue weighted by molar-refractivity contribution is -0.123. The largest absolute Gasteiger partial charge is 0.505 e. The van der Waals surface area contributed by atoms with E-state index in [-0.39, 0.29) is 18.7 Å². The van der Waals surface area contributed by atoms with Gasteiger partial charge in [0.25, 0.3) is 12.9 Å². The zero-order valence-corrected chi connectivity index (χ0v) is 9.15. The Kier molecular flexibility index (Phi) is 7.27. The summed E-state index contributed by atoms with van der Waals surface area (Å²) >= 11 is 0. The molecule has 6 heteroatoms. The molecule has 0 bridgehead atoms. The van der Waals surface area contributed by atoms with E-state index in [9.17, 15) is 4.39 Å². The van der Waals surface area contributed by atoms with Crippen molar-refractivity contribution in [1.29, 1.82) is 0 Å². The lowest BCUT2D eigenvalue weighted by atomic mass is 10.1. The van der Waals surface area contributed by atoms with Crippen molar-refractivity contribution in [3.63, 3.8) is 0 Å². The standard InChI is InChI=1S/C10H7FO.2CH2O2/c11-9-5-7-3-1-2-4-8(7)6-10(9)12;2*2-1-3/h1-6,12H;2*1H,(H,2,3). The molecule has 0 atom stereocenters. The summed E-state index contributed by atoms with van der Waals surface area (Å²) in [6, 6.07) is 10.1. The van der Waals surface area contributed by atoms with Crippen LogP contribution in [-0.4, -0.2) is 28.3 Å². The maximum atomic E-state index is 12.8. The Hall–Kier alpha value is -2.63. The summed E-state index contributed by atoms with van der Waals surface area (Å²) < 4.78 is 12.8. The predicted molar refractivity (Wildman–Crippen MR) is 63.0 cm³/mol. The summed E-state index contributed by atoms with van der Waals surface area (Å²) in [5.74, 6) is -0.873. The molecule has 0 saturated heterocycles. The smallest absolute Gasteiger partial charge is 0.290 e. The number of aromatic hydroxyl groups is 1. The molecular weight excluding hydrogens is 243 g/mol. The molecule has 3 N–H and O–H groups in total. The molecule has 0 amide bonds. The fraction of sp³-hybridized carbons (Fsp3) is 0. The summed E-state index contributed by atoms with van der Waals surface area (Å²) in [6.07, 6.45) is 0. The van der Waals surface area contributed by atoms with Crippen LogP contribution >= 0.6 is 0 Å². The number of carboxylic acid groups (broad SMARTS) is 2. The molecule has 96 valence electrons. The van der Waals surface area contributed by atoms with Crippen LogP contribution in [0.15, 0.2) is 36.4 Å². The van der Waals surface area contributed by atoms with Crippen LogP contribution in [0.25, 0.3) is 10.8 Å². The fourth-order valence-corrected chi connectivity index (χ4v) is 1.20. The van der Waals surface area contributed by atoms with Crippen molar-refractivity contribution in [2.75, 3.05) is 0 Å². The number of fused-ring (bicyclic) bond motifs is 1. The Morgan fingerprint density at radius 2 is 1.33 bits per heavy atom. The number of rotatable bonds is 0. The second kappa shape index (κ2) is 8.51. The summed E-state index contributed by atoms with van der Waals surface area (Å²) in [7, 11) is 0. The zero-order valence-electron chi connectivity index (χ0n) is 9.15. The van der Waals surface area contributed by atoms with Crippen molar-refractivity contribution in [2.24, 2.45) is 0 Å². The molecular formula is C12H11FO5. The van der Waals surface area contributed by atoms with E-state index in [2.05, 4.69) is 0 Å². The predicted octanol–water partition coefficient (Wildman–Crippen LogP) is 2.09. The minimum absolute atomic E-state index is 0.250. The number of hydrogen-bond acceptors (Lipinski definition) is 3. The van der Waals surface area contributed by atoms with Crippen molar-refractivity contribution in [3.8, 4) is 5.75 Å². The minimum Gasteiger partial charge on any atom is -0.505 e. The van der Waals surface area contributed by atoms with Crippen LogP contribution in [0, 0.1) is 5.82 Å². The highest BCUT2D eigenvalue weighted by Crippen LogP contribution is 2.22. The topological polar surface area (TPSA) is 94.8 Å². The highest BCUT2D eigenvalue weighted by Gasteiger charge is 2.00. The Morgan fingerprint density at radius 3 is 1.78 bits per heavy atom. The van der Waals surface area contributed by atoms with Crippen LogP contribution in [0.2, 0.25) is 0 Å². The summed E-state index contributed by atoms with van der Waals surface area (Å²) in [5.41, 5.74) is 0. The first-order valence-electron chi connectivity index (χ1n) is 4.63. The molecule has 2 aromatic rings. The Balaban J connectivity index is 0.000000414. The van der Waals surface area contributed by atoms with E-state index in [0.29, 0.717) is 0 Å². The second-order valence-corrected chi connectivity index (χ2v) is 2.86. The highest BCUT2D eigenvalue weighted by molar-refractivity contribution is 5.83. The van der Waals surface area contributed by atoms with E-state index in [1.807, 2.05) is 18.2 Å². The van der Waals surface area contributed by atoms with Gasteiger partial charge in [0.1, 0.15) is 0 Å². The second-order valence-electron chi connectivity index (χ2n) is 2.86. The minimum atomic E-state index is -0.575. The molecule has 0 aliphatic rings. The molecule has 0 saturated carbocycles. The van der Waals surface area contributed by atoms with Crippen molar-refractivity contribution in [1.82, 2.24) is 0 Å². The number of halogens is 1. The maximum Gasteiger partial charge on any atom is 0.290 e. The van der Waals surface area contributed by atoms with Crippen molar-refractivity contribution in [3.05, 3.63) is 42.2 Å². The van der Waals surface area contributed by atoms with Crippen molar-refractivity contribution >= 4 is 23.7 Å². The normalized spacial score (nSPS) is 8.28. The first-order valence-corrected chi connectivity index (χ1v) is 4.63. The zero-order chi connectivity index (χ0) is 14.0. The molecule has 18 heavy (non-hydrogen) atoms. The van der Waals surface area contributed by atoms with Gasteiger partial charge in [0, 0.05) is 0 Å². The third-order valence-corrected chi connectivity index (χ3v) is 1.82. The van der Waals surface area contributed by atoms with Gasteiger partial charge < -0.3 is 15.3 Å². The van der Waals surface area contributed by atoms with Gasteiger partial charge in [-0.05, 0) is 22.9 Å². The lowest BCUT2D eigenvalue weighted by Crippen LogP contribution is -1.77. The van der Waals surface area contributed by atoms with Gasteiger partial charge in [-0.1, -0.05) is 24.3 Å². The van der Waals surface area contributed by atoms with Gasteiger partial charge in [0.15, 0.2) is 11.6 Å². The maximum absolute atomic E-state index is 12.8. The molecule has 2 aromatic carbocycles. The summed E-state index contributed by atoms with van der Waals surface area (Å²) in [6.45, 7) is -0.500. The SMILES string of the molecule is O=CO.O=CO.Oc1cc2ccccc2cc1F. The average molecular weight is 254 g/mol. The molecule has 2 rings (SSSR count). The number of phenols is 1. The van der Waals surface area contributed by atoms with Gasteiger partial charge >= 0.3 is 0 Å². The van der Waals surface area contributed by atoms with Crippen LogP contribution in [0.1, 0.15) is 0 Å². The molecule has 0 aliphatic heterocycles. The van der Waals surface area contributed by atoms with Crippen LogP contribution < -0.4 is 0 Å². The molecule has 5 nitrogen and oxygen atoms in total. The first kappa shape index (κ1) is 15.4. The number of benzene rings is 2. The Bertz CT molecular complexity index is 466. The van der Waals surface area contributed by atoms with Gasteiger partial charge in [-0.3, -0.25) is 9.59 Å².